The lowest BCUT2D eigenvalue weighted by molar-refractivity contribution is 0.357. The molecule has 1 saturated carbocycles. The molecule has 0 unspecified atom stereocenters. The number of halogens is 1. The predicted octanol–water partition coefficient (Wildman–Crippen LogP) is 1.46. The largest absolute Gasteiger partial charge is 0.363 e. The minimum atomic E-state index is -0.929. The topological polar surface area (TPSA) is 79.2 Å². The van der Waals surface area contributed by atoms with Gasteiger partial charge < -0.3 is 19.7 Å². The lowest BCUT2D eigenvalue weighted by atomic mass is 10.2. The number of anilines is 3. The summed E-state index contributed by atoms with van der Waals surface area (Å²) in [7, 11) is 3.73. The van der Waals surface area contributed by atoms with E-state index in [0.717, 1.165) is 12.8 Å². The van der Waals surface area contributed by atoms with E-state index in [0.29, 0.717) is 36.6 Å². The Balaban J connectivity index is 1.50. The van der Waals surface area contributed by atoms with Gasteiger partial charge in [-0.3, -0.25) is 4.79 Å². The first-order chi connectivity index (χ1) is 13.0. The molecular formula is C18H24FN7O. The normalized spacial score (nSPS) is 22.1. The molecule has 4 rings (SSSR count). The van der Waals surface area contributed by atoms with Crippen LogP contribution in [0.4, 0.5) is 22.0 Å². The van der Waals surface area contributed by atoms with E-state index in [-0.39, 0.29) is 18.1 Å². The van der Waals surface area contributed by atoms with Gasteiger partial charge in [-0.1, -0.05) is 0 Å². The van der Waals surface area contributed by atoms with Gasteiger partial charge in [0.15, 0.2) is 5.82 Å². The molecule has 2 aliphatic rings. The summed E-state index contributed by atoms with van der Waals surface area (Å²) in [5, 5.41) is 3.13. The molecule has 2 atom stereocenters. The Hall–Kier alpha value is -2.71. The van der Waals surface area contributed by atoms with Crippen molar-refractivity contribution in [2.24, 2.45) is 0 Å². The van der Waals surface area contributed by atoms with E-state index in [1.54, 1.807) is 29.2 Å². The second-order valence-corrected chi connectivity index (χ2v) is 7.35. The van der Waals surface area contributed by atoms with Crippen LogP contribution in [0.1, 0.15) is 25.3 Å². The van der Waals surface area contributed by atoms with E-state index < -0.39 is 6.17 Å². The van der Waals surface area contributed by atoms with Gasteiger partial charge in [-0.05, 0) is 18.9 Å². The van der Waals surface area contributed by atoms with Crippen LogP contribution >= 0.6 is 0 Å². The maximum Gasteiger partial charge on any atom is 0.293 e. The molecule has 2 aromatic rings. The summed E-state index contributed by atoms with van der Waals surface area (Å²) >= 11 is 0. The van der Waals surface area contributed by atoms with E-state index in [2.05, 4.69) is 20.3 Å². The fraction of sp³-hybridized carbons (Fsp3) is 0.556. The lowest BCUT2D eigenvalue weighted by Crippen LogP contribution is -2.37. The highest BCUT2D eigenvalue weighted by molar-refractivity contribution is 5.46. The zero-order valence-corrected chi connectivity index (χ0v) is 15.5. The summed E-state index contributed by atoms with van der Waals surface area (Å²) in [6, 6.07) is 1.98. The molecule has 1 aliphatic carbocycles. The van der Waals surface area contributed by atoms with Gasteiger partial charge in [-0.25, -0.2) is 14.4 Å². The lowest BCUT2D eigenvalue weighted by Gasteiger charge is -2.26. The van der Waals surface area contributed by atoms with Crippen LogP contribution in [0, 0.1) is 0 Å². The maximum absolute atomic E-state index is 14.1. The first-order valence-corrected chi connectivity index (χ1v) is 9.25. The van der Waals surface area contributed by atoms with Crippen molar-refractivity contribution in [3.05, 3.63) is 35.0 Å². The molecule has 9 heteroatoms. The second kappa shape index (κ2) is 7.13. The van der Waals surface area contributed by atoms with Crippen LogP contribution < -0.4 is 20.7 Å². The smallest absolute Gasteiger partial charge is 0.293 e. The Bertz CT molecular complexity index is 867. The van der Waals surface area contributed by atoms with Gasteiger partial charge in [0.2, 0.25) is 5.95 Å². The van der Waals surface area contributed by atoms with Crippen LogP contribution in [-0.4, -0.2) is 58.9 Å². The van der Waals surface area contributed by atoms with Crippen LogP contribution in [0.5, 0.6) is 0 Å². The molecule has 0 spiro atoms. The summed E-state index contributed by atoms with van der Waals surface area (Å²) in [6.45, 7) is 0.712. The fourth-order valence-corrected chi connectivity index (χ4v) is 3.45. The Kier molecular flexibility index (Phi) is 4.67. The van der Waals surface area contributed by atoms with E-state index >= 15 is 0 Å². The van der Waals surface area contributed by atoms with Crippen LogP contribution in [0.15, 0.2) is 29.5 Å². The van der Waals surface area contributed by atoms with Crippen molar-refractivity contribution >= 4 is 17.6 Å². The fourth-order valence-electron chi connectivity index (χ4n) is 3.45. The molecule has 0 aromatic carbocycles. The first-order valence-electron chi connectivity index (χ1n) is 9.25. The summed E-state index contributed by atoms with van der Waals surface area (Å²) in [6.07, 6.45) is 6.57. The summed E-state index contributed by atoms with van der Waals surface area (Å²) in [4.78, 5) is 29.2. The highest BCUT2D eigenvalue weighted by Crippen LogP contribution is 2.33. The maximum atomic E-state index is 14.1. The quantitative estimate of drug-likeness (QED) is 0.821. The molecule has 0 amide bonds. The Morgan fingerprint density at radius 2 is 2.11 bits per heavy atom. The van der Waals surface area contributed by atoms with Crippen molar-refractivity contribution in [3.8, 4) is 0 Å². The zero-order valence-electron chi connectivity index (χ0n) is 15.5. The van der Waals surface area contributed by atoms with Gasteiger partial charge in [-0.15, -0.1) is 0 Å². The third kappa shape index (κ3) is 3.72. The van der Waals surface area contributed by atoms with Crippen molar-refractivity contribution in [2.45, 2.75) is 37.5 Å². The van der Waals surface area contributed by atoms with E-state index in [1.807, 2.05) is 23.9 Å². The van der Waals surface area contributed by atoms with Crippen LogP contribution in [0.25, 0.3) is 0 Å². The van der Waals surface area contributed by atoms with E-state index in [1.165, 1.54) is 0 Å². The van der Waals surface area contributed by atoms with Crippen molar-refractivity contribution in [2.75, 3.05) is 42.3 Å². The number of nitrogens with zero attached hydrogens (tertiary/aromatic N) is 6. The number of alkyl halides is 1. The standard InChI is InChI=1S/C18H24FN7O/c1-24(2)18-21-6-5-15(23-18)26-11-12(19)9-14(26)10-22-16-17(27)25(8-7-20-16)13-3-4-13/h5-8,12-14H,3-4,9-11H2,1-2H3,(H,20,22)/t12-,14-/m0/s1. The minimum absolute atomic E-state index is 0.110. The van der Waals surface area contributed by atoms with Gasteiger partial charge >= 0.3 is 0 Å². The first kappa shape index (κ1) is 17.7. The molecule has 27 heavy (non-hydrogen) atoms. The van der Waals surface area contributed by atoms with Crippen molar-refractivity contribution in [1.29, 1.82) is 0 Å². The summed E-state index contributed by atoms with van der Waals surface area (Å²) in [5.41, 5.74) is -0.113. The predicted molar refractivity (Wildman–Crippen MR) is 102 cm³/mol. The molecule has 1 aliphatic heterocycles. The monoisotopic (exact) mass is 373 g/mol. The number of rotatable bonds is 6. The molecule has 1 saturated heterocycles. The zero-order chi connectivity index (χ0) is 19.0. The van der Waals surface area contributed by atoms with Crippen molar-refractivity contribution in [1.82, 2.24) is 19.5 Å². The average molecular weight is 373 g/mol. The molecule has 144 valence electrons. The molecule has 0 radical (unpaired) electrons. The van der Waals surface area contributed by atoms with Crippen molar-refractivity contribution in [3.63, 3.8) is 0 Å². The number of nitrogens with one attached hydrogen (secondary N) is 1. The second-order valence-electron chi connectivity index (χ2n) is 7.35. The molecule has 2 aromatic heterocycles. The van der Waals surface area contributed by atoms with Crippen molar-refractivity contribution < 1.29 is 4.39 Å². The van der Waals surface area contributed by atoms with Gasteiger partial charge in [0.1, 0.15) is 12.0 Å². The highest BCUT2D eigenvalue weighted by Gasteiger charge is 2.33. The number of aromatic nitrogens is 4. The number of hydrogen-bond donors (Lipinski definition) is 1. The third-order valence-electron chi connectivity index (χ3n) is 5.00. The van der Waals surface area contributed by atoms with E-state index in [4.69, 9.17) is 0 Å². The third-order valence-corrected chi connectivity index (χ3v) is 5.00. The molecule has 1 N–H and O–H groups in total. The molecule has 2 fully saturated rings. The molecule has 8 nitrogen and oxygen atoms in total. The van der Waals surface area contributed by atoms with Gasteiger partial charge in [0.25, 0.3) is 5.56 Å². The van der Waals surface area contributed by atoms with Gasteiger partial charge in [0.05, 0.1) is 12.6 Å². The van der Waals surface area contributed by atoms with Crippen LogP contribution in [0.2, 0.25) is 0 Å². The van der Waals surface area contributed by atoms with E-state index in [9.17, 15) is 9.18 Å². The Morgan fingerprint density at radius 1 is 1.30 bits per heavy atom. The van der Waals surface area contributed by atoms with Crippen LogP contribution in [0.3, 0.4) is 0 Å². The van der Waals surface area contributed by atoms with Gasteiger partial charge in [-0.2, -0.15) is 4.98 Å². The Morgan fingerprint density at radius 3 is 2.85 bits per heavy atom. The average Bonchev–Trinajstić information content (AvgIpc) is 3.43. The highest BCUT2D eigenvalue weighted by atomic mass is 19.1. The SMILES string of the molecule is CN(C)c1nccc(N2C[C@@H](F)C[C@H]2CNc2nccn(C3CC3)c2=O)n1. The van der Waals surface area contributed by atoms with Gasteiger partial charge in [0, 0.05) is 51.7 Å². The molecule has 0 bridgehead atoms. The number of hydrogen-bond acceptors (Lipinski definition) is 7. The minimum Gasteiger partial charge on any atom is -0.363 e. The molecule has 3 heterocycles. The summed E-state index contributed by atoms with van der Waals surface area (Å²) in [5.74, 6) is 1.60. The van der Waals surface area contributed by atoms with Crippen LogP contribution in [-0.2, 0) is 0 Å². The Labute approximate surface area is 157 Å². The summed E-state index contributed by atoms with van der Waals surface area (Å²) < 4.78 is 15.9. The molecular weight excluding hydrogens is 349 g/mol.